The lowest BCUT2D eigenvalue weighted by molar-refractivity contribution is -0.139. The highest BCUT2D eigenvalue weighted by atomic mass is 32.2. The predicted molar refractivity (Wildman–Crippen MR) is 68.9 cm³/mol. The average Bonchev–Trinajstić information content (AvgIpc) is 2.71. The van der Waals surface area contributed by atoms with E-state index < -0.39 is 10.0 Å². The Hall–Kier alpha value is -1.19. The summed E-state index contributed by atoms with van der Waals surface area (Å²) in [4.78, 5) is 15.2. The largest absolute Gasteiger partial charge is 0.469 e. The second kappa shape index (κ2) is 6.66. The molecule has 18 heavy (non-hydrogen) atoms. The van der Waals surface area contributed by atoms with E-state index in [4.69, 9.17) is 5.14 Å². The molecule has 0 bridgehead atoms. The van der Waals surface area contributed by atoms with Crippen molar-refractivity contribution >= 4 is 32.5 Å². The standard InChI is InChI=1S/C9H15N3O4S2/c1-16-8(13)5-7-6-17-9(12-7)11-3-2-4-18(10,14)15/h6H,2-5H2,1H3,(H,11,12)(H2,10,14,15). The zero-order valence-electron chi connectivity index (χ0n) is 9.88. The molecule has 0 fully saturated rings. The maximum Gasteiger partial charge on any atom is 0.311 e. The van der Waals surface area contributed by atoms with Crippen molar-refractivity contribution in [1.82, 2.24) is 4.98 Å². The number of nitrogens with one attached hydrogen (secondary N) is 1. The van der Waals surface area contributed by atoms with Gasteiger partial charge in [-0.25, -0.2) is 18.5 Å². The molecule has 0 radical (unpaired) electrons. The van der Waals surface area contributed by atoms with Gasteiger partial charge in [-0.1, -0.05) is 0 Å². The molecular formula is C9H15N3O4S2. The second-order valence-corrected chi connectivity index (χ2v) is 6.14. The molecule has 1 aromatic rings. The number of anilines is 1. The molecule has 7 nitrogen and oxygen atoms in total. The van der Waals surface area contributed by atoms with Crippen LogP contribution in [0.2, 0.25) is 0 Å². The van der Waals surface area contributed by atoms with E-state index in [1.807, 2.05) is 0 Å². The summed E-state index contributed by atoms with van der Waals surface area (Å²) in [7, 11) is -2.09. The molecule has 0 aromatic carbocycles. The Morgan fingerprint density at radius 2 is 2.33 bits per heavy atom. The summed E-state index contributed by atoms with van der Waals surface area (Å²) in [6, 6.07) is 0. The van der Waals surface area contributed by atoms with Gasteiger partial charge in [-0.15, -0.1) is 11.3 Å². The number of primary sulfonamides is 1. The Morgan fingerprint density at radius 3 is 2.94 bits per heavy atom. The summed E-state index contributed by atoms with van der Waals surface area (Å²) in [5, 5.41) is 10.2. The number of hydrogen-bond acceptors (Lipinski definition) is 7. The SMILES string of the molecule is COC(=O)Cc1csc(NCCCS(N)(=O)=O)n1. The van der Waals surface area contributed by atoms with Crippen LogP contribution in [-0.4, -0.2) is 38.8 Å². The van der Waals surface area contributed by atoms with E-state index in [0.717, 1.165) is 0 Å². The first-order valence-electron chi connectivity index (χ1n) is 5.16. The predicted octanol–water partition coefficient (Wildman–Crippen LogP) is -0.0509. The maximum atomic E-state index is 11.0. The van der Waals surface area contributed by atoms with Crippen molar-refractivity contribution < 1.29 is 17.9 Å². The van der Waals surface area contributed by atoms with Crippen LogP contribution in [-0.2, 0) is 26.0 Å². The third-order valence-electron chi connectivity index (χ3n) is 1.99. The van der Waals surface area contributed by atoms with Crippen LogP contribution in [0.25, 0.3) is 0 Å². The van der Waals surface area contributed by atoms with Gasteiger partial charge in [0.25, 0.3) is 0 Å². The summed E-state index contributed by atoms with van der Waals surface area (Å²) in [6.07, 6.45) is 0.538. The number of carbonyl (C=O) groups excluding carboxylic acids is 1. The fourth-order valence-electron chi connectivity index (χ4n) is 1.16. The van der Waals surface area contributed by atoms with Gasteiger partial charge in [-0.2, -0.15) is 0 Å². The molecule has 9 heteroatoms. The molecule has 0 unspecified atom stereocenters. The van der Waals surface area contributed by atoms with E-state index in [0.29, 0.717) is 23.8 Å². The molecule has 0 aliphatic carbocycles. The van der Waals surface area contributed by atoms with Gasteiger partial charge in [0.1, 0.15) is 0 Å². The van der Waals surface area contributed by atoms with Crippen molar-refractivity contribution in [2.45, 2.75) is 12.8 Å². The highest BCUT2D eigenvalue weighted by Crippen LogP contribution is 2.15. The van der Waals surface area contributed by atoms with E-state index >= 15 is 0 Å². The zero-order valence-corrected chi connectivity index (χ0v) is 11.5. The number of hydrogen-bond donors (Lipinski definition) is 2. The van der Waals surface area contributed by atoms with Gasteiger partial charge in [0, 0.05) is 11.9 Å². The van der Waals surface area contributed by atoms with E-state index in [1.165, 1.54) is 18.4 Å². The topological polar surface area (TPSA) is 111 Å². The fourth-order valence-corrected chi connectivity index (χ4v) is 2.44. The number of aromatic nitrogens is 1. The van der Waals surface area contributed by atoms with Gasteiger partial charge >= 0.3 is 5.97 Å². The van der Waals surface area contributed by atoms with Gasteiger partial charge < -0.3 is 10.1 Å². The summed E-state index contributed by atoms with van der Waals surface area (Å²) >= 11 is 1.35. The lowest BCUT2D eigenvalue weighted by Crippen LogP contribution is -2.18. The summed E-state index contributed by atoms with van der Waals surface area (Å²) < 4.78 is 25.9. The summed E-state index contributed by atoms with van der Waals surface area (Å²) in [6.45, 7) is 0.460. The van der Waals surface area contributed by atoms with E-state index in [-0.39, 0.29) is 18.1 Å². The number of nitrogens with two attached hydrogens (primary N) is 1. The minimum atomic E-state index is -3.41. The monoisotopic (exact) mass is 293 g/mol. The van der Waals surface area contributed by atoms with Gasteiger partial charge in [0.05, 0.1) is 25.0 Å². The molecule has 1 rings (SSSR count). The Kier molecular flexibility index (Phi) is 5.51. The van der Waals surface area contributed by atoms with Crippen molar-refractivity contribution in [2.75, 3.05) is 24.7 Å². The highest BCUT2D eigenvalue weighted by Gasteiger charge is 2.07. The fraction of sp³-hybridized carbons (Fsp3) is 0.556. The average molecular weight is 293 g/mol. The van der Waals surface area contributed by atoms with E-state index in [2.05, 4.69) is 15.0 Å². The number of carbonyl (C=O) groups is 1. The van der Waals surface area contributed by atoms with Crippen molar-refractivity contribution in [3.05, 3.63) is 11.1 Å². The smallest absolute Gasteiger partial charge is 0.311 e. The molecular weight excluding hydrogens is 278 g/mol. The quantitative estimate of drug-likeness (QED) is 0.538. The molecule has 0 amide bonds. The molecule has 0 atom stereocenters. The Morgan fingerprint density at radius 1 is 1.61 bits per heavy atom. The number of ether oxygens (including phenoxy) is 1. The first-order chi connectivity index (χ1) is 8.40. The first-order valence-corrected chi connectivity index (χ1v) is 7.76. The second-order valence-electron chi connectivity index (χ2n) is 3.54. The Labute approximate surface area is 109 Å². The number of nitrogens with zero attached hydrogens (tertiary/aromatic N) is 1. The third-order valence-corrected chi connectivity index (χ3v) is 3.69. The van der Waals surface area contributed by atoms with Crippen LogP contribution in [0.1, 0.15) is 12.1 Å². The number of methoxy groups -OCH3 is 1. The van der Waals surface area contributed by atoms with Crippen LogP contribution in [0, 0.1) is 0 Å². The lowest BCUT2D eigenvalue weighted by atomic mass is 10.3. The van der Waals surface area contributed by atoms with Crippen molar-refractivity contribution in [3.8, 4) is 0 Å². The van der Waals surface area contributed by atoms with Crippen molar-refractivity contribution in [3.63, 3.8) is 0 Å². The van der Waals surface area contributed by atoms with Gasteiger partial charge in [-0.05, 0) is 6.42 Å². The normalized spacial score (nSPS) is 11.2. The first kappa shape index (κ1) is 14.9. The zero-order chi connectivity index (χ0) is 13.6. The lowest BCUT2D eigenvalue weighted by Gasteiger charge is -2.01. The molecule has 0 aliphatic rings. The third kappa shape index (κ3) is 5.94. The maximum absolute atomic E-state index is 11.0. The van der Waals surface area contributed by atoms with Crippen LogP contribution in [0.3, 0.4) is 0 Å². The minimum Gasteiger partial charge on any atom is -0.469 e. The van der Waals surface area contributed by atoms with Gasteiger partial charge in [0.2, 0.25) is 10.0 Å². The summed E-state index contributed by atoms with van der Waals surface area (Å²) in [5.41, 5.74) is 0.626. The minimum absolute atomic E-state index is 0.0691. The van der Waals surface area contributed by atoms with Crippen LogP contribution < -0.4 is 10.5 Å². The Bertz CT molecular complexity index is 498. The number of thiazole rings is 1. The van der Waals surface area contributed by atoms with Gasteiger partial charge in [0.15, 0.2) is 5.13 Å². The van der Waals surface area contributed by atoms with Crippen LogP contribution in [0.15, 0.2) is 5.38 Å². The van der Waals surface area contributed by atoms with Crippen molar-refractivity contribution in [2.24, 2.45) is 5.14 Å². The van der Waals surface area contributed by atoms with Crippen LogP contribution in [0.5, 0.6) is 0 Å². The number of esters is 1. The number of rotatable bonds is 7. The van der Waals surface area contributed by atoms with E-state index in [9.17, 15) is 13.2 Å². The molecule has 3 N–H and O–H groups in total. The molecule has 0 aliphatic heterocycles. The van der Waals surface area contributed by atoms with Crippen LogP contribution in [0.4, 0.5) is 5.13 Å². The molecule has 1 heterocycles. The van der Waals surface area contributed by atoms with Crippen LogP contribution >= 0.6 is 11.3 Å². The van der Waals surface area contributed by atoms with Crippen molar-refractivity contribution in [1.29, 1.82) is 0 Å². The number of sulfonamides is 1. The molecule has 1 aromatic heterocycles. The molecule has 102 valence electrons. The van der Waals surface area contributed by atoms with E-state index in [1.54, 1.807) is 5.38 Å². The molecule has 0 saturated heterocycles. The van der Waals surface area contributed by atoms with Gasteiger partial charge in [-0.3, -0.25) is 4.79 Å². The molecule has 0 saturated carbocycles. The molecule has 0 spiro atoms. The highest BCUT2D eigenvalue weighted by molar-refractivity contribution is 7.89. The summed E-state index contributed by atoms with van der Waals surface area (Å²) in [5.74, 6) is -0.415. The Balaban J connectivity index is 2.33.